The molecule has 1 saturated carbocycles. The number of hydrogen-bond acceptors (Lipinski definition) is 2. The van der Waals surface area contributed by atoms with Crippen LogP contribution in [-0.2, 0) is 0 Å². The molecule has 1 aromatic heterocycles. The first kappa shape index (κ1) is 13.7. The summed E-state index contributed by atoms with van der Waals surface area (Å²) in [4.78, 5) is 3.33. The summed E-state index contributed by atoms with van der Waals surface area (Å²) < 4.78 is 8.57. The van der Waals surface area contributed by atoms with Crippen molar-refractivity contribution in [3.63, 3.8) is 0 Å². The van der Waals surface area contributed by atoms with Crippen LogP contribution in [0.2, 0.25) is 0 Å². The van der Waals surface area contributed by atoms with E-state index in [1.165, 1.54) is 37.6 Å². The van der Waals surface area contributed by atoms with Crippen LogP contribution in [0.3, 0.4) is 0 Å². The van der Waals surface area contributed by atoms with Gasteiger partial charge >= 0.3 is 0 Å². The van der Waals surface area contributed by atoms with Gasteiger partial charge in [-0.15, -0.1) is 0 Å². The van der Waals surface area contributed by atoms with Gasteiger partial charge in [-0.2, -0.15) is 0 Å². The molecule has 2 atom stereocenters. The third-order valence-corrected chi connectivity index (χ3v) is 4.93. The normalized spacial score (nSPS) is 23.1. The van der Waals surface area contributed by atoms with Gasteiger partial charge in [-0.05, 0) is 43.1 Å². The largest absolute Gasteiger partial charge is 0.494 e. The SMILES string of the molecule is CCC1CCCC(n2c(=S)[nH]c3c(OC)cccc32)C1. The van der Waals surface area contributed by atoms with Gasteiger partial charge in [0, 0.05) is 6.04 Å². The molecule has 1 fully saturated rings. The topological polar surface area (TPSA) is 29.9 Å². The van der Waals surface area contributed by atoms with Crippen molar-refractivity contribution in [2.45, 2.75) is 45.1 Å². The highest BCUT2D eigenvalue weighted by Gasteiger charge is 2.24. The van der Waals surface area contributed by atoms with Crippen molar-refractivity contribution in [2.75, 3.05) is 7.11 Å². The quantitative estimate of drug-likeness (QED) is 0.819. The van der Waals surface area contributed by atoms with Crippen LogP contribution in [0.5, 0.6) is 5.75 Å². The minimum Gasteiger partial charge on any atom is -0.494 e. The van der Waals surface area contributed by atoms with Gasteiger partial charge in [0.2, 0.25) is 0 Å². The molecular formula is C16H22N2OS. The van der Waals surface area contributed by atoms with Gasteiger partial charge < -0.3 is 14.3 Å². The second-order valence-electron chi connectivity index (χ2n) is 5.75. The number of fused-ring (bicyclic) bond motifs is 1. The van der Waals surface area contributed by atoms with Crippen molar-refractivity contribution in [1.82, 2.24) is 9.55 Å². The number of H-pyrrole nitrogens is 1. The molecule has 1 N–H and O–H groups in total. The fourth-order valence-electron chi connectivity index (χ4n) is 3.52. The minimum absolute atomic E-state index is 0.530. The first-order chi connectivity index (χ1) is 9.74. The molecule has 4 heteroatoms. The van der Waals surface area contributed by atoms with Gasteiger partial charge in [-0.25, -0.2) is 0 Å². The molecule has 1 aromatic carbocycles. The van der Waals surface area contributed by atoms with Crippen LogP contribution >= 0.6 is 12.2 Å². The zero-order chi connectivity index (χ0) is 14.1. The molecule has 0 amide bonds. The maximum absolute atomic E-state index is 5.57. The molecular weight excluding hydrogens is 268 g/mol. The van der Waals surface area contributed by atoms with Gasteiger partial charge in [-0.1, -0.05) is 32.3 Å². The number of hydrogen-bond donors (Lipinski definition) is 1. The number of imidazole rings is 1. The van der Waals surface area contributed by atoms with Crippen LogP contribution < -0.4 is 4.74 Å². The van der Waals surface area contributed by atoms with Crippen molar-refractivity contribution in [2.24, 2.45) is 5.92 Å². The highest BCUT2D eigenvalue weighted by atomic mass is 32.1. The van der Waals surface area contributed by atoms with Crippen LogP contribution in [0, 0.1) is 10.7 Å². The van der Waals surface area contributed by atoms with E-state index in [1.807, 2.05) is 12.1 Å². The van der Waals surface area contributed by atoms with E-state index in [2.05, 4.69) is 22.5 Å². The second-order valence-corrected chi connectivity index (χ2v) is 6.14. The van der Waals surface area contributed by atoms with Gasteiger partial charge in [0.1, 0.15) is 11.3 Å². The number of aromatic amines is 1. The number of nitrogens with zero attached hydrogens (tertiary/aromatic N) is 1. The second kappa shape index (κ2) is 5.60. The first-order valence-corrected chi connectivity index (χ1v) is 7.92. The summed E-state index contributed by atoms with van der Waals surface area (Å²) in [5.41, 5.74) is 2.20. The monoisotopic (exact) mass is 290 g/mol. The van der Waals surface area contributed by atoms with Crippen molar-refractivity contribution in [3.8, 4) is 5.75 Å². The molecule has 0 saturated heterocycles. The van der Waals surface area contributed by atoms with Crippen LogP contribution in [0.15, 0.2) is 18.2 Å². The number of ether oxygens (including phenoxy) is 1. The maximum atomic E-state index is 5.57. The molecule has 1 aliphatic carbocycles. The lowest BCUT2D eigenvalue weighted by atomic mass is 9.84. The summed E-state index contributed by atoms with van der Waals surface area (Å²) in [6.45, 7) is 2.30. The Labute approximate surface area is 125 Å². The smallest absolute Gasteiger partial charge is 0.178 e. The molecule has 0 aliphatic heterocycles. The predicted molar refractivity (Wildman–Crippen MR) is 85.0 cm³/mol. The zero-order valence-corrected chi connectivity index (χ0v) is 13.0. The lowest BCUT2D eigenvalue weighted by Crippen LogP contribution is -2.19. The molecule has 108 valence electrons. The summed E-state index contributed by atoms with van der Waals surface area (Å²) in [7, 11) is 1.71. The Bertz CT molecular complexity index is 658. The standard InChI is InChI=1S/C16H22N2OS/c1-3-11-6-4-7-12(10-11)18-13-8-5-9-14(19-2)15(13)17-16(18)20/h5,8-9,11-12H,3-4,6-7,10H2,1-2H3,(H,17,20). The summed E-state index contributed by atoms with van der Waals surface area (Å²) >= 11 is 5.57. The number of methoxy groups -OCH3 is 1. The third kappa shape index (κ3) is 2.26. The van der Waals surface area contributed by atoms with Crippen LogP contribution in [0.4, 0.5) is 0 Å². The van der Waals surface area contributed by atoms with E-state index in [-0.39, 0.29) is 0 Å². The molecule has 0 spiro atoms. The number of nitrogens with one attached hydrogen (secondary N) is 1. The number of aromatic nitrogens is 2. The molecule has 0 bridgehead atoms. The van der Waals surface area contributed by atoms with E-state index in [4.69, 9.17) is 17.0 Å². The van der Waals surface area contributed by atoms with E-state index in [0.29, 0.717) is 6.04 Å². The Kier molecular flexibility index (Phi) is 3.83. The van der Waals surface area contributed by atoms with Gasteiger partial charge in [0.15, 0.2) is 4.77 Å². The number of rotatable bonds is 3. The van der Waals surface area contributed by atoms with Crippen molar-refractivity contribution in [3.05, 3.63) is 23.0 Å². The molecule has 3 rings (SSSR count). The Morgan fingerprint density at radius 2 is 2.25 bits per heavy atom. The number of benzene rings is 1. The first-order valence-electron chi connectivity index (χ1n) is 7.51. The van der Waals surface area contributed by atoms with Crippen LogP contribution in [0.25, 0.3) is 11.0 Å². The van der Waals surface area contributed by atoms with E-state index < -0.39 is 0 Å². The molecule has 20 heavy (non-hydrogen) atoms. The Balaban J connectivity index is 2.07. The lowest BCUT2D eigenvalue weighted by molar-refractivity contribution is 0.263. The maximum Gasteiger partial charge on any atom is 0.178 e. The van der Waals surface area contributed by atoms with Gasteiger partial charge in [0.25, 0.3) is 0 Å². The third-order valence-electron chi connectivity index (χ3n) is 4.63. The molecule has 2 unspecified atom stereocenters. The average Bonchev–Trinajstić information content (AvgIpc) is 2.83. The molecule has 2 aromatic rings. The number of para-hydroxylation sites is 1. The van der Waals surface area contributed by atoms with E-state index in [9.17, 15) is 0 Å². The summed E-state index contributed by atoms with van der Waals surface area (Å²) in [5, 5.41) is 0. The van der Waals surface area contributed by atoms with Crippen LogP contribution in [0.1, 0.15) is 45.1 Å². The fourth-order valence-corrected chi connectivity index (χ4v) is 3.87. The van der Waals surface area contributed by atoms with Crippen LogP contribution in [-0.4, -0.2) is 16.7 Å². The van der Waals surface area contributed by atoms with E-state index in [1.54, 1.807) is 7.11 Å². The fraction of sp³-hybridized carbons (Fsp3) is 0.562. The molecule has 3 nitrogen and oxygen atoms in total. The zero-order valence-electron chi connectivity index (χ0n) is 12.2. The Hall–Kier alpha value is -1.29. The van der Waals surface area contributed by atoms with Crippen molar-refractivity contribution < 1.29 is 4.74 Å². The average molecular weight is 290 g/mol. The predicted octanol–water partition coefficient (Wildman–Crippen LogP) is 4.85. The lowest BCUT2D eigenvalue weighted by Gasteiger charge is -2.29. The van der Waals surface area contributed by atoms with Gasteiger partial charge in [-0.3, -0.25) is 0 Å². The summed E-state index contributed by atoms with van der Waals surface area (Å²) in [6.07, 6.45) is 6.42. The highest BCUT2D eigenvalue weighted by Crippen LogP contribution is 2.37. The van der Waals surface area contributed by atoms with E-state index >= 15 is 0 Å². The van der Waals surface area contributed by atoms with Crippen molar-refractivity contribution in [1.29, 1.82) is 0 Å². The van der Waals surface area contributed by atoms with Gasteiger partial charge in [0.05, 0.1) is 12.6 Å². The molecule has 0 radical (unpaired) electrons. The molecule has 1 aliphatic rings. The van der Waals surface area contributed by atoms with Crippen molar-refractivity contribution >= 4 is 23.3 Å². The Morgan fingerprint density at radius 1 is 1.40 bits per heavy atom. The summed E-state index contributed by atoms with van der Waals surface area (Å²) in [5.74, 6) is 1.71. The Morgan fingerprint density at radius 3 is 3.00 bits per heavy atom. The van der Waals surface area contributed by atoms with E-state index in [0.717, 1.165) is 22.0 Å². The minimum atomic E-state index is 0.530. The summed E-state index contributed by atoms with van der Waals surface area (Å²) in [6, 6.07) is 6.69. The highest BCUT2D eigenvalue weighted by molar-refractivity contribution is 7.71. The molecule has 1 heterocycles.